The Morgan fingerprint density at radius 1 is 1.47 bits per heavy atom. The topological polar surface area (TPSA) is 58.6 Å². The van der Waals surface area contributed by atoms with E-state index in [1.807, 2.05) is 6.92 Å². The summed E-state index contributed by atoms with van der Waals surface area (Å²) in [6.45, 7) is 7.85. The van der Waals surface area contributed by atoms with Crippen molar-refractivity contribution in [3.63, 3.8) is 0 Å². The zero-order chi connectivity index (χ0) is 12.8. The van der Waals surface area contributed by atoms with Crippen molar-refractivity contribution in [2.24, 2.45) is 5.92 Å². The van der Waals surface area contributed by atoms with Crippen molar-refractivity contribution in [1.29, 1.82) is 0 Å². The normalized spacial score (nSPS) is 20.9. The fourth-order valence-corrected chi connectivity index (χ4v) is 1.87. The summed E-state index contributed by atoms with van der Waals surface area (Å²) in [4.78, 5) is 24.9. The van der Waals surface area contributed by atoms with Crippen LogP contribution in [-0.2, 0) is 14.3 Å². The Labute approximate surface area is 102 Å². The predicted octanol–water partition coefficient (Wildman–Crippen LogP) is 0.396. The van der Waals surface area contributed by atoms with Crippen LogP contribution < -0.4 is 5.32 Å². The second-order valence-electron chi connectivity index (χ2n) is 4.70. The zero-order valence-electron chi connectivity index (χ0n) is 10.9. The highest BCUT2D eigenvalue weighted by Crippen LogP contribution is 2.09. The highest BCUT2D eigenvalue weighted by Gasteiger charge is 2.32. The standard InChI is InChI=1S/C12H22N2O3/c1-4-10-12(16)13-7-11(15)14(10)5-6-17-8-9(2)3/h9-10H,4-8H2,1-3H3,(H,13,16). The molecule has 1 unspecified atom stereocenters. The molecule has 1 saturated heterocycles. The molecule has 17 heavy (non-hydrogen) atoms. The van der Waals surface area contributed by atoms with Crippen molar-refractivity contribution in [2.45, 2.75) is 33.2 Å². The molecule has 5 nitrogen and oxygen atoms in total. The van der Waals surface area contributed by atoms with Crippen molar-refractivity contribution >= 4 is 11.8 Å². The zero-order valence-corrected chi connectivity index (χ0v) is 10.9. The average Bonchev–Trinajstić information content (AvgIpc) is 2.28. The maximum Gasteiger partial charge on any atom is 0.243 e. The van der Waals surface area contributed by atoms with Crippen LogP contribution in [0, 0.1) is 5.92 Å². The largest absolute Gasteiger partial charge is 0.379 e. The first kappa shape index (κ1) is 14.0. The van der Waals surface area contributed by atoms with Crippen molar-refractivity contribution in [1.82, 2.24) is 10.2 Å². The van der Waals surface area contributed by atoms with Crippen LogP contribution >= 0.6 is 0 Å². The summed E-state index contributed by atoms with van der Waals surface area (Å²) < 4.78 is 5.45. The van der Waals surface area contributed by atoms with Gasteiger partial charge in [-0.3, -0.25) is 9.59 Å². The molecule has 1 fully saturated rings. The van der Waals surface area contributed by atoms with Crippen molar-refractivity contribution in [3.8, 4) is 0 Å². The van der Waals surface area contributed by atoms with E-state index in [4.69, 9.17) is 4.74 Å². The van der Waals surface area contributed by atoms with Crippen LogP contribution in [0.5, 0.6) is 0 Å². The van der Waals surface area contributed by atoms with Gasteiger partial charge in [0.2, 0.25) is 11.8 Å². The van der Waals surface area contributed by atoms with Gasteiger partial charge in [-0.1, -0.05) is 20.8 Å². The van der Waals surface area contributed by atoms with E-state index in [1.54, 1.807) is 4.90 Å². The number of hydrogen-bond acceptors (Lipinski definition) is 3. The van der Waals surface area contributed by atoms with Gasteiger partial charge >= 0.3 is 0 Å². The molecule has 98 valence electrons. The molecule has 1 heterocycles. The Balaban J connectivity index is 2.42. The predicted molar refractivity (Wildman–Crippen MR) is 64.5 cm³/mol. The number of carbonyl (C=O) groups is 2. The second-order valence-corrected chi connectivity index (χ2v) is 4.70. The minimum atomic E-state index is -0.334. The van der Waals surface area contributed by atoms with E-state index in [-0.39, 0.29) is 24.4 Å². The SMILES string of the molecule is CCC1C(=O)NCC(=O)N1CCOCC(C)C. The first-order valence-electron chi connectivity index (χ1n) is 6.21. The average molecular weight is 242 g/mol. The molecule has 0 spiro atoms. The molecule has 0 aromatic carbocycles. The number of piperazine rings is 1. The molecule has 1 atom stereocenters. The molecule has 1 aliphatic rings. The van der Waals surface area contributed by atoms with Crippen LogP contribution in [0.3, 0.4) is 0 Å². The van der Waals surface area contributed by atoms with Crippen LogP contribution in [0.4, 0.5) is 0 Å². The van der Waals surface area contributed by atoms with E-state index in [9.17, 15) is 9.59 Å². The van der Waals surface area contributed by atoms with Gasteiger partial charge in [-0.05, 0) is 12.3 Å². The molecule has 0 radical (unpaired) electrons. The molecule has 1 N–H and O–H groups in total. The highest BCUT2D eigenvalue weighted by atomic mass is 16.5. The summed E-state index contributed by atoms with van der Waals surface area (Å²) in [6, 6.07) is -0.334. The quantitative estimate of drug-likeness (QED) is 0.686. The smallest absolute Gasteiger partial charge is 0.243 e. The first-order valence-corrected chi connectivity index (χ1v) is 6.21. The van der Waals surface area contributed by atoms with Crippen molar-refractivity contribution < 1.29 is 14.3 Å². The van der Waals surface area contributed by atoms with Gasteiger partial charge in [0.05, 0.1) is 13.2 Å². The molecular weight excluding hydrogens is 220 g/mol. The molecule has 0 aromatic heterocycles. The van der Waals surface area contributed by atoms with Crippen molar-refractivity contribution in [2.75, 3.05) is 26.3 Å². The van der Waals surface area contributed by atoms with Gasteiger partial charge in [-0.2, -0.15) is 0 Å². The van der Waals surface area contributed by atoms with Gasteiger partial charge in [-0.25, -0.2) is 0 Å². The molecule has 0 aliphatic carbocycles. The Morgan fingerprint density at radius 3 is 2.76 bits per heavy atom. The van der Waals surface area contributed by atoms with E-state index in [1.165, 1.54) is 0 Å². The van der Waals surface area contributed by atoms with Gasteiger partial charge in [-0.15, -0.1) is 0 Å². The van der Waals surface area contributed by atoms with Crippen LogP contribution in [0.2, 0.25) is 0 Å². The lowest BCUT2D eigenvalue weighted by Crippen LogP contribution is -2.58. The third-order valence-electron chi connectivity index (χ3n) is 2.73. The maximum absolute atomic E-state index is 11.7. The molecule has 5 heteroatoms. The lowest BCUT2D eigenvalue weighted by Gasteiger charge is -2.34. The first-order chi connectivity index (χ1) is 8.06. The summed E-state index contributed by atoms with van der Waals surface area (Å²) in [5.41, 5.74) is 0. The number of carbonyl (C=O) groups excluding carboxylic acids is 2. The van der Waals surface area contributed by atoms with Gasteiger partial charge < -0.3 is 15.0 Å². The summed E-state index contributed by atoms with van der Waals surface area (Å²) in [7, 11) is 0. The Bertz CT molecular complexity index is 279. The maximum atomic E-state index is 11.7. The van der Waals surface area contributed by atoms with E-state index in [0.717, 1.165) is 0 Å². The molecule has 1 aliphatic heterocycles. The molecule has 1 rings (SSSR count). The molecular formula is C12H22N2O3. The number of rotatable bonds is 6. The second kappa shape index (κ2) is 6.59. The number of hydrogen-bond donors (Lipinski definition) is 1. The van der Waals surface area contributed by atoms with E-state index in [2.05, 4.69) is 19.2 Å². The number of nitrogens with zero attached hydrogens (tertiary/aromatic N) is 1. The Kier molecular flexibility index (Phi) is 5.41. The number of amides is 2. The van der Waals surface area contributed by atoms with Crippen LogP contribution in [-0.4, -0.2) is 49.1 Å². The lowest BCUT2D eigenvalue weighted by atomic mass is 10.1. The fraction of sp³-hybridized carbons (Fsp3) is 0.833. The van der Waals surface area contributed by atoms with Crippen LogP contribution in [0.15, 0.2) is 0 Å². The van der Waals surface area contributed by atoms with Crippen LogP contribution in [0.25, 0.3) is 0 Å². The third-order valence-corrected chi connectivity index (χ3v) is 2.73. The van der Waals surface area contributed by atoms with Gasteiger partial charge in [0.1, 0.15) is 6.04 Å². The minimum absolute atomic E-state index is 0.0235. The van der Waals surface area contributed by atoms with E-state index < -0.39 is 0 Å². The monoisotopic (exact) mass is 242 g/mol. The lowest BCUT2D eigenvalue weighted by molar-refractivity contribution is -0.146. The molecule has 0 saturated carbocycles. The van der Waals surface area contributed by atoms with Crippen LogP contribution in [0.1, 0.15) is 27.2 Å². The minimum Gasteiger partial charge on any atom is -0.379 e. The third kappa shape index (κ3) is 4.00. The molecule has 0 bridgehead atoms. The summed E-state index contributed by atoms with van der Waals surface area (Å²) >= 11 is 0. The fourth-order valence-electron chi connectivity index (χ4n) is 1.87. The Morgan fingerprint density at radius 2 is 2.18 bits per heavy atom. The van der Waals surface area contributed by atoms with Gasteiger partial charge in [0, 0.05) is 13.2 Å². The van der Waals surface area contributed by atoms with Crippen molar-refractivity contribution in [3.05, 3.63) is 0 Å². The number of nitrogens with one attached hydrogen (secondary N) is 1. The van der Waals surface area contributed by atoms with Gasteiger partial charge in [0.15, 0.2) is 0 Å². The highest BCUT2D eigenvalue weighted by molar-refractivity contribution is 5.94. The molecule has 2 amide bonds. The summed E-state index contributed by atoms with van der Waals surface area (Å²) in [5.74, 6) is 0.401. The van der Waals surface area contributed by atoms with E-state index in [0.29, 0.717) is 32.1 Å². The molecule has 0 aromatic rings. The van der Waals surface area contributed by atoms with E-state index >= 15 is 0 Å². The van der Waals surface area contributed by atoms with Gasteiger partial charge in [0.25, 0.3) is 0 Å². The number of ether oxygens (including phenoxy) is 1. The Hall–Kier alpha value is -1.10. The summed E-state index contributed by atoms with van der Waals surface area (Å²) in [6.07, 6.45) is 0.641. The summed E-state index contributed by atoms with van der Waals surface area (Å²) in [5, 5.41) is 2.60.